The molecular formula is C32H30F3N7O2S. The van der Waals surface area contributed by atoms with Crippen LogP contribution in [0.2, 0.25) is 0 Å². The number of carbonyl (C=O) groups excluding carboxylic acids is 1. The molecule has 1 aliphatic heterocycles. The van der Waals surface area contributed by atoms with Gasteiger partial charge in [-0.25, -0.2) is 14.5 Å². The van der Waals surface area contributed by atoms with Gasteiger partial charge < -0.3 is 15.0 Å². The summed E-state index contributed by atoms with van der Waals surface area (Å²) < 4.78 is 42.6. The molecule has 2 amide bonds. The van der Waals surface area contributed by atoms with Gasteiger partial charge in [0.05, 0.1) is 17.7 Å². The second-order valence-corrected chi connectivity index (χ2v) is 11.4. The van der Waals surface area contributed by atoms with Crippen LogP contribution in [-0.4, -0.2) is 51.2 Å². The van der Waals surface area contributed by atoms with Crippen LogP contribution in [0.1, 0.15) is 36.0 Å². The number of amidine groups is 1. The lowest BCUT2D eigenvalue weighted by Crippen LogP contribution is -2.30. The first-order chi connectivity index (χ1) is 21.6. The van der Waals surface area contributed by atoms with E-state index in [0.29, 0.717) is 27.8 Å². The van der Waals surface area contributed by atoms with Gasteiger partial charge in [0, 0.05) is 30.1 Å². The number of nitriles is 1. The summed E-state index contributed by atoms with van der Waals surface area (Å²) in [5.41, 5.74) is 5.33. The Morgan fingerprint density at radius 1 is 1.16 bits per heavy atom. The van der Waals surface area contributed by atoms with Gasteiger partial charge in [-0.05, 0) is 60.4 Å². The van der Waals surface area contributed by atoms with Crippen molar-refractivity contribution in [2.24, 2.45) is 4.99 Å². The Hall–Kier alpha value is -4.83. The average molecular weight is 634 g/mol. The summed E-state index contributed by atoms with van der Waals surface area (Å²) in [5, 5.41) is 17.7. The smallest absolute Gasteiger partial charge is 0.406 e. The number of carbonyl (C=O) groups is 1. The van der Waals surface area contributed by atoms with Crippen LogP contribution in [0.25, 0.3) is 17.1 Å². The van der Waals surface area contributed by atoms with E-state index in [-0.39, 0.29) is 12.3 Å². The van der Waals surface area contributed by atoms with Crippen LogP contribution in [0.15, 0.2) is 78.0 Å². The summed E-state index contributed by atoms with van der Waals surface area (Å²) in [5.74, 6) is 0.283. The van der Waals surface area contributed by atoms with Crippen LogP contribution in [-0.2, 0) is 6.42 Å². The van der Waals surface area contributed by atoms with E-state index in [1.165, 1.54) is 52.6 Å². The molecule has 1 N–H and O–H groups in total. The van der Waals surface area contributed by atoms with Crippen molar-refractivity contribution < 1.29 is 22.7 Å². The Kier molecular flexibility index (Phi) is 9.73. The monoisotopic (exact) mass is 633 g/mol. The quantitative estimate of drug-likeness (QED) is 0.211. The van der Waals surface area contributed by atoms with Crippen LogP contribution in [0.5, 0.6) is 5.75 Å². The molecule has 9 nitrogen and oxygen atoms in total. The molecule has 0 bridgehead atoms. The predicted molar refractivity (Wildman–Crippen MR) is 168 cm³/mol. The van der Waals surface area contributed by atoms with Crippen molar-refractivity contribution in [1.29, 1.82) is 5.26 Å². The zero-order chi connectivity index (χ0) is 32.0. The molecule has 0 spiro atoms. The number of thioether (sulfide) groups is 1. The molecule has 13 heteroatoms. The highest BCUT2D eigenvalue weighted by Gasteiger charge is 2.31. The maximum atomic E-state index is 12.8. The molecule has 0 aliphatic carbocycles. The van der Waals surface area contributed by atoms with Gasteiger partial charge in [0.2, 0.25) is 0 Å². The normalized spacial score (nSPS) is 14.8. The van der Waals surface area contributed by atoms with Gasteiger partial charge in [0.1, 0.15) is 12.1 Å². The fourth-order valence-corrected chi connectivity index (χ4v) is 5.81. The number of nitrogens with one attached hydrogen (secondary N) is 1. The molecule has 1 fully saturated rings. The third-order valence-electron chi connectivity index (χ3n) is 7.04. The number of aryl methyl sites for hydroxylation is 2. The van der Waals surface area contributed by atoms with Gasteiger partial charge in [-0.1, -0.05) is 61.5 Å². The molecule has 1 unspecified atom stereocenters. The van der Waals surface area contributed by atoms with E-state index in [4.69, 9.17) is 0 Å². The molecule has 1 aromatic heterocycles. The molecule has 45 heavy (non-hydrogen) atoms. The number of alkyl halides is 3. The fourth-order valence-electron chi connectivity index (χ4n) is 4.86. The molecule has 1 saturated heterocycles. The number of nitrogens with zero attached hydrogens (tertiary/aromatic N) is 6. The van der Waals surface area contributed by atoms with E-state index in [9.17, 15) is 23.2 Å². The first-order valence-corrected chi connectivity index (χ1v) is 15.3. The number of urea groups is 1. The van der Waals surface area contributed by atoms with Crippen LogP contribution in [0, 0.1) is 18.3 Å². The number of anilines is 1. The molecule has 3 aromatic carbocycles. The summed E-state index contributed by atoms with van der Waals surface area (Å²) in [6.07, 6.45) is -1.36. The van der Waals surface area contributed by atoms with Gasteiger partial charge in [-0.15, -0.1) is 18.3 Å². The van der Waals surface area contributed by atoms with Gasteiger partial charge in [-0.3, -0.25) is 0 Å². The highest BCUT2D eigenvalue weighted by molar-refractivity contribution is 8.14. The predicted octanol–water partition coefficient (Wildman–Crippen LogP) is 7.02. The van der Waals surface area contributed by atoms with E-state index in [1.54, 1.807) is 24.3 Å². The molecule has 5 rings (SSSR count). The molecule has 1 atom stereocenters. The summed E-state index contributed by atoms with van der Waals surface area (Å²) in [6.45, 7) is 5.04. The van der Waals surface area contributed by atoms with Crippen molar-refractivity contribution >= 4 is 28.6 Å². The van der Waals surface area contributed by atoms with Crippen LogP contribution < -0.4 is 15.0 Å². The number of amides is 2. The second kappa shape index (κ2) is 13.9. The SMILES string of the molecule is CCCc1ccc(C)cc1N1CCSC1=NC(=O)NCC(C#N)c1ccc(-c2ncn(-c3ccc(OC(F)(F)F)cc3)n2)cc1. The van der Waals surface area contributed by atoms with Crippen LogP contribution in [0.4, 0.5) is 23.7 Å². The zero-order valence-electron chi connectivity index (χ0n) is 24.6. The topological polar surface area (TPSA) is 108 Å². The van der Waals surface area contributed by atoms with Crippen molar-refractivity contribution in [2.75, 3.05) is 23.7 Å². The molecule has 0 saturated carbocycles. The van der Waals surface area contributed by atoms with Crippen molar-refractivity contribution in [3.63, 3.8) is 0 Å². The first kappa shape index (κ1) is 31.6. The number of benzene rings is 3. The molecule has 0 radical (unpaired) electrons. The van der Waals surface area contributed by atoms with Gasteiger partial charge >= 0.3 is 12.4 Å². The first-order valence-electron chi connectivity index (χ1n) is 14.3. The van der Waals surface area contributed by atoms with Gasteiger partial charge in [0.15, 0.2) is 11.0 Å². The number of aliphatic imine (C=N–C) groups is 1. The van der Waals surface area contributed by atoms with Gasteiger partial charge in [0.25, 0.3) is 0 Å². The van der Waals surface area contributed by atoms with Crippen molar-refractivity contribution in [3.8, 4) is 28.9 Å². The Bertz CT molecular complexity index is 1710. The number of halogens is 3. The highest BCUT2D eigenvalue weighted by atomic mass is 32.2. The Morgan fingerprint density at radius 3 is 2.60 bits per heavy atom. The van der Waals surface area contributed by atoms with Crippen molar-refractivity contribution in [3.05, 3.63) is 89.7 Å². The standard InChI is InChI=1S/C32H30F3N7O2S/c1-3-4-23-6-5-21(2)17-28(23)41-15-16-45-31(41)39-30(43)37-19-25(18-36)22-7-9-24(10-8-22)29-38-20-42(40-29)26-11-13-27(14-12-26)44-32(33,34)35/h5-14,17,20,25H,3-4,15-16,19H2,1-2H3,(H,37,43). The maximum absolute atomic E-state index is 12.8. The number of hydrogen-bond donors (Lipinski definition) is 1. The van der Waals surface area contributed by atoms with E-state index >= 15 is 0 Å². The van der Waals surface area contributed by atoms with Crippen molar-refractivity contribution in [1.82, 2.24) is 20.1 Å². The van der Waals surface area contributed by atoms with Crippen LogP contribution >= 0.6 is 11.8 Å². The molecule has 232 valence electrons. The van der Waals surface area contributed by atoms with Crippen molar-refractivity contribution in [2.45, 2.75) is 39.0 Å². The zero-order valence-corrected chi connectivity index (χ0v) is 25.4. The van der Waals surface area contributed by atoms with Gasteiger partial charge in [-0.2, -0.15) is 10.3 Å². The average Bonchev–Trinajstić information content (AvgIpc) is 3.69. The fraction of sp³-hybridized carbons (Fsp3) is 0.281. The third kappa shape index (κ3) is 8.02. The van der Waals surface area contributed by atoms with Crippen LogP contribution in [0.3, 0.4) is 0 Å². The summed E-state index contributed by atoms with van der Waals surface area (Å²) >= 11 is 1.53. The number of rotatable bonds is 9. The third-order valence-corrected chi connectivity index (χ3v) is 7.99. The Morgan fingerprint density at radius 2 is 1.91 bits per heavy atom. The summed E-state index contributed by atoms with van der Waals surface area (Å²) in [7, 11) is 0. The Labute approximate surface area is 262 Å². The summed E-state index contributed by atoms with van der Waals surface area (Å²) in [6, 6.07) is 20.5. The number of hydrogen-bond acceptors (Lipinski definition) is 6. The number of aromatic nitrogens is 3. The Balaban J connectivity index is 1.21. The van der Waals surface area contributed by atoms with E-state index in [2.05, 4.69) is 61.2 Å². The maximum Gasteiger partial charge on any atom is 0.573 e. The van der Waals surface area contributed by atoms with E-state index in [1.807, 2.05) is 6.92 Å². The minimum Gasteiger partial charge on any atom is -0.406 e. The largest absolute Gasteiger partial charge is 0.573 e. The van der Waals surface area contributed by atoms with E-state index < -0.39 is 18.3 Å². The lowest BCUT2D eigenvalue weighted by atomic mass is 9.99. The molecule has 1 aliphatic rings. The minimum absolute atomic E-state index is 0.0859. The summed E-state index contributed by atoms with van der Waals surface area (Å²) in [4.78, 5) is 23.5. The van der Waals surface area contributed by atoms with E-state index in [0.717, 1.165) is 36.4 Å². The highest BCUT2D eigenvalue weighted by Crippen LogP contribution is 2.31. The number of ether oxygens (including phenoxy) is 1. The molecule has 4 aromatic rings. The lowest BCUT2D eigenvalue weighted by Gasteiger charge is -2.22. The second-order valence-electron chi connectivity index (χ2n) is 10.3. The molecular weight excluding hydrogens is 603 g/mol. The minimum atomic E-state index is -4.77. The lowest BCUT2D eigenvalue weighted by molar-refractivity contribution is -0.274. The molecule has 2 heterocycles.